The van der Waals surface area contributed by atoms with Crippen molar-refractivity contribution in [3.63, 3.8) is 0 Å². The predicted octanol–water partition coefficient (Wildman–Crippen LogP) is 3.35. The smallest absolute Gasteiger partial charge is 0.124 e. The number of hydrazine groups is 1. The molecule has 2 nitrogen and oxygen atoms in total. The molecular formula is C14H18ClFN2. The second-order valence-corrected chi connectivity index (χ2v) is 5.09. The van der Waals surface area contributed by atoms with E-state index in [0.29, 0.717) is 11.4 Å². The van der Waals surface area contributed by atoms with Crippen molar-refractivity contribution >= 4 is 11.6 Å². The molecular weight excluding hydrogens is 251 g/mol. The number of nitrogens with one attached hydrogen (secondary N) is 1. The van der Waals surface area contributed by atoms with E-state index in [1.54, 1.807) is 6.07 Å². The lowest BCUT2D eigenvalue weighted by Gasteiger charge is -2.23. The van der Waals surface area contributed by atoms with E-state index >= 15 is 0 Å². The Kier molecular flexibility index (Phi) is 4.75. The van der Waals surface area contributed by atoms with E-state index in [4.69, 9.17) is 17.4 Å². The Balaban J connectivity index is 2.12. The predicted molar refractivity (Wildman–Crippen MR) is 72.8 cm³/mol. The van der Waals surface area contributed by atoms with Gasteiger partial charge in [0.15, 0.2) is 0 Å². The molecule has 3 N–H and O–H groups in total. The van der Waals surface area contributed by atoms with Crippen LogP contribution in [0.25, 0.3) is 0 Å². The van der Waals surface area contributed by atoms with Gasteiger partial charge in [0.1, 0.15) is 5.82 Å². The summed E-state index contributed by atoms with van der Waals surface area (Å²) in [5.74, 6) is 5.32. The topological polar surface area (TPSA) is 38.0 Å². The zero-order valence-electron chi connectivity index (χ0n) is 10.3. The van der Waals surface area contributed by atoms with Crippen LogP contribution in [0.5, 0.6) is 0 Å². The van der Waals surface area contributed by atoms with Crippen LogP contribution in [0.1, 0.15) is 31.2 Å². The first-order valence-electron chi connectivity index (χ1n) is 6.29. The molecule has 2 rings (SSSR count). The average Bonchev–Trinajstić information content (AvgIpc) is 2.39. The molecule has 0 heterocycles. The van der Waals surface area contributed by atoms with Crippen LogP contribution < -0.4 is 11.3 Å². The maximum Gasteiger partial charge on any atom is 0.124 e. The molecule has 4 heteroatoms. The second-order valence-electron chi connectivity index (χ2n) is 4.68. The van der Waals surface area contributed by atoms with Gasteiger partial charge >= 0.3 is 0 Å². The number of benzene rings is 1. The number of nitrogens with two attached hydrogens (primary N) is 1. The van der Waals surface area contributed by atoms with Gasteiger partial charge in [-0.1, -0.05) is 29.3 Å². The van der Waals surface area contributed by atoms with E-state index in [9.17, 15) is 4.39 Å². The quantitative estimate of drug-likeness (QED) is 0.499. The summed E-state index contributed by atoms with van der Waals surface area (Å²) in [5, 5.41) is 0.464. The van der Waals surface area contributed by atoms with Crippen molar-refractivity contribution in [1.82, 2.24) is 5.43 Å². The summed E-state index contributed by atoms with van der Waals surface area (Å²) in [6.45, 7) is 0. The third-order valence-corrected chi connectivity index (χ3v) is 3.77. The highest BCUT2D eigenvalue weighted by molar-refractivity contribution is 6.31. The Morgan fingerprint density at radius 3 is 2.83 bits per heavy atom. The molecule has 0 aromatic heterocycles. The fourth-order valence-electron chi connectivity index (χ4n) is 2.38. The standard InChI is InChI=1S/C14H18ClFN2/c15-13-9-12(16)7-6-11(13)8-14(18-17)10-4-2-1-3-5-10/h4,6-7,9,14,18H,1-3,5,8,17H2. The number of allylic oxidation sites excluding steroid dienone is 1. The summed E-state index contributed by atoms with van der Waals surface area (Å²) < 4.78 is 13.0. The molecule has 0 saturated heterocycles. The minimum atomic E-state index is -0.308. The van der Waals surface area contributed by atoms with Crippen LogP contribution in [-0.4, -0.2) is 6.04 Å². The van der Waals surface area contributed by atoms with Gasteiger partial charge in [0.25, 0.3) is 0 Å². The van der Waals surface area contributed by atoms with Crippen LogP contribution in [-0.2, 0) is 6.42 Å². The lowest BCUT2D eigenvalue weighted by molar-refractivity contribution is 0.542. The minimum Gasteiger partial charge on any atom is -0.271 e. The number of hydrogen-bond donors (Lipinski definition) is 2. The number of halogens is 2. The summed E-state index contributed by atoms with van der Waals surface area (Å²) in [6.07, 6.45) is 7.60. The molecule has 0 fully saturated rings. The highest BCUT2D eigenvalue weighted by Crippen LogP contribution is 2.25. The zero-order valence-corrected chi connectivity index (χ0v) is 11.0. The van der Waals surface area contributed by atoms with Crippen LogP contribution in [0, 0.1) is 5.82 Å². The van der Waals surface area contributed by atoms with Crippen molar-refractivity contribution in [3.05, 3.63) is 46.3 Å². The highest BCUT2D eigenvalue weighted by atomic mass is 35.5. The van der Waals surface area contributed by atoms with E-state index in [-0.39, 0.29) is 11.9 Å². The molecule has 0 radical (unpaired) electrons. The minimum absolute atomic E-state index is 0.0910. The van der Waals surface area contributed by atoms with Gasteiger partial charge in [-0.05, 0) is 49.8 Å². The molecule has 0 amide bonds. The maximum atomic E-state index is 13.0. The largest absolute Gasteiger partial charge is 0.271 e. The fraction of sp³-hybridized carbons (Fsp3) is 0.429. The average molecular weight is 269 g/mol. The van der Waals surface area contributed by atoms with Gasteiger partial charge in [0.2, 0.25) is 0 Å². The molecule has 0 saturated carbocycles. The van der Waals surface area contributed by atoms with Gasteiger partial charge in [-0.3, -0.25) is 11.3 Å². The Bertz CT molecular complexity index is 445. The van der Waals surface area contributed by atoms with Crippen LogP contribution >= 0.6 is 11.6 Å². The SMILES string of the molecule is NNC(Cc1ccc(F)cc1Cl)C1=CCCCC1. The Morgan fingerprint density at radius 2 is 2.22 bits per heavy atom. The molecule has 1 aliphatic carbocycles. The molecule has 1 aliphatic rings. The normalized spacial score (nSPS) is 17.4. The molecule has 18 heavy (non-hydrogen) atoms. The summed E-state index contributed by atoms with van der Waals surface area (Å²) in [7, 11) is 0. The first-order chi connectivity index (χ1) is 8.70. The molecule has 1 unspecified atom stereocenters. The van der Waals surface area contributed by atoms with Crippen LogP contribution in [0.3, 0.4) is 0 Å². The number of hydrogen-bond acceptors (Lipinski definition) is 2. The monoisotopic (exact) mass is 268 g/mol. The number of rotatable bonds is 4. The fourth-order valence-corrected chi connectivity index (χ4v) is 2.63. The van der Waals surface area contributed by atoms with Gasteiger partial charge in [-0.25, -0.2) is 4.39 Å². The molecule has 1 atom stereocenters. The molecule has 0 aliphatic heterocycles. The van der Waals surface area contributed by atoms with Crippen LogP contribution in [0.4, 0.5) is 4.39 Å². The summed E-state index contributed by atoms with van der Waals surface area (Å²) >= 11 is 6.04. The zero-order chi connectivity index (χ0) is 13.0. The van der Waals surface area contributed by atoms with Crippen LogP contribution in [0.2, 0.25) is 5.02 Å². The maximum absolute atomic E-state index is 13.0. The van der Waals surface area contributed by atoms with Crippen molar-refractivity contribution in [3.8, 4) is 0 Å². The summed E-state index contributed by atoms with van der Waals surface area (Å²) in [5.41, 5.74) is 5.10. The van der Waals surface area contributed by atoms with E-state index in [2.05, 4.69) is 11.5 Å². The van der Waals surface area contributed by atoms with E-state index in [1.165, 1.54) is 30.5 Å². The van der Waals surface area contributed by atoms with Gasteiger partial charge in [0.05, 0.1) is 0 Å². The van der Waals surface area contributed by atoms with Gasteiger partial charge in [-0.15, -0.1) is 0 Å². The van der Waals surface area contributed by atoms with Gasteiger partial charge in [0, 0.05) is 11.1 Å². The Labute approximate surface area is 112 Å². The van der Waals surface area contributed by atoms with Crippen LogP contribution in [0.15, 0.2) is 29.8 Å². The Morgan fingerprint density at radius 1 is 1.39 bits per heavy atom. The van der Waals surface area contributed by atoms with Crippen molar-refractivity contribution in [1.29, 1.82) is 0 Å². The van der Waals surface area contributed by atoms with Crippen molar-refractivity contribution in [2.45, 2.75) is 38.1 Å². The summed E-state index contributed by atoms with van der Waals surface area (Å²) in [6, 6.07) is 4.60. The first kappa shape index (κ1) is 13.5. The molecule has 98 valence electrons. The van der Waals surface area contributed by atoms with E-state index < -0.39 is 0 Å². The molecule has 0 spiro atoms. The van der Waals surface area contributed by atoms with Crippen molar-refractivity contribution in [2.24, 2.45) is 5.84 Å². The van der Waals surface area contributed by atoms with E-state index in [1.807, 2.05) is 0 Å². The highest BCUT2D eigenvalue weighted by Gasteiger charge is 2.16. The van der Waals surface area contributed by atoms with Crippen molar-refractivity contribution < 1.29 is 4.39 Å². The lowest BCUT2D eigenvalue weighted by Crippen LogP contribution is -2.38. The van der Waals surface area contributed by atoms with Gasteiger partial charge in [-0.2, -0.15) is 0 Å². The van der Waals surface area contributed by atoms with Crippen molar-refractivity contribution in [2.75, 3.05) is 0 Å². The third kappa shape index (κ3) is 3.31. The first-order valence-corrected chi connectivity index (χ1v) is 6.67. The lowest BCUT2D eigenvalue weighted by atomic mass is 9.90. The third-order valence-electron chi connectivity index (χ3n) is 3.41. The molecule has 1 aromatic rings. The summed E-state index contributed by atoms with van der Waals surface area (Å²) in [4.78, 5) is 0. The Hall–Kier alpha value is -0.900. The second kappa shape index (κ2) is 6.32. The molecule has 0 bridgehead atoms. The molecule has 1 aromatic carbocycles. The van der Waals surface area contributed by atoms with Gasteiger partial charge < -0.3 is 0 Å². The van der Waals surface area contributed by atoms with E-state index in [0.717, 1.165) is 18.4 Å².